The second kappa shape index (κ2) is 14.0. The summed E-state index contributed by atoms with van der Waals surface area (Å²) >= 11 is 0. The van der Waals surface area contributed by atoms with Crippen molar-refractivity contribution in [3.8, 4) is 0 Å². The SMILES string of the molecule is CO[C@H]1O[C@H](COCc2ccccc2)[C@@H](OCc2ccccc2)[C@H](OCc2ccccc2)[C@H]1C[N+](=O)[O-]. The molecule has 1 fully saturated rings. The van der Waals surface area contributed by atoms with Crippen molar-refractivity contribution < 1.29 is 28.6 Å². The Morgan fingerprint density at radius 3 is 1.73 bits per heavy atom. The van der Waals surface area contributed by atoms with Crippen LogP contribution >= 0.6 is 0 Å². The average Bonchev–Trinajstić information content (AvgIpc) is 2.93. The first-order chi connectivity index (χ1) is 18.1. The van der Waals surface area contributed by atoms with Gasteiger partial charge in [-0.05, 0) is 16.7 Å². The molecule has 1 heterocycles. The van der Waals surface area contributed by atoms with E-state index in [-0.39, 0.29) is 24.7 Å². The normalized spacial score (nSPS) is 23.5. The molecule has 0 N–H and O–H groups in total. The van der Waals surface area contributed by atoms with Crippen LogP contribution in [0.2, 0.25) is 0 Å². The molecular formula is C29H33NO7. The lowest BCUT2D eigenvalue weighted by molar-refractivity contribution is -0.502. The maximum atomic E-state index is 11.6. The molecule has 37 heavy (non-hydrogen) atoms. The fraction of sp³-hybridized carbons (Fsp3) is 0.379. The van der Waals surface area contributed by atoms with Crippen LogP contribution in [0, 0.1) is 16.0 Å². The molecular weight excluding hydrogens is 474 g/mol. The first-order valence-electron chi connectivity index (χ1n) is 12.4. The summed E-state index contributed by atoms with van der Waals surface area (Å²) in [5.41, 5.74) is 2.97. The summed E-state index contributed by atoms with van der Waals surface area (Å²) in [5, 5.41) is 11.6. The minimum atomic E-state index is -0.840. The van der Waals surface area contributed by atoms with Crippen LogP contribution in [0.25, 0.3) is 0 Å². The number of rotatable bonds is 13. The Balaban J connectivity index is 1.56. The van der Waals surface area contributed by atoms with Crippen molar-refractivity contribution in [1.29, 1.82) is 0 Å². The second-order valence-corrected chi connectivity index (χ2v) is 8.98. The van der Waals surface area contributed by atoms with E-state index >= 15 is 0 Å². The molecule has 8 nitrogen and oxygen atoms in total. The van der Waals surface area contributed by atoms with E-state index in [2.05, 4.69) is 0 Å². The lowest BCUT2D eigenvalue weighted by Crippen LogP contribution is -2.59. The van der Waals surface area contributed by atoms with Crippen LogP contribution in [0.3, 0.4) is 0 Å². The minimum Gasteiger partial charge on any atom is -0.374 e. The van der Waals surface area contributed by atoms with Crippen LogP contribution in [0.15, 0.2) is 91.0 Å². The Hall–Kier alpha value is -3.14. The lowest BCUT2D eigenvalue weighted by atomic mass is 9.90. The largest absolute Gasteiger partial charge is 0.374 e. The Bertz CT molecular complexity index is 1070. The van der Waals surface area contributed by atoms with Crippen LogP contribution < -0.4 is 0 Å². The summed E-state index contributed by atoms with van der Waals surface area (Å²) < 4.78 is 30.5. The van der Waals surface area contributed by atoms with E-state index in [0.29, 0.717) is 13.2 Å². The summed E-state index contributed by atoms with van der Waals surface area (Å²) in [6.07, 6.45) is -2.66. The van der Waals surface area contributed by atoms with Gasteiger partial charge in [-0.1, -0.05) is 91.0 Å². The lowest BCUT2D eigenvalue weighted by Gasteiger charge is -2.44. The molecule has 0 radical (unpaired) electrons. The topological polar surface area (TPSA) is 89.3 Å². The van der Waals surface area contributed by atoms with Gasteiger partial charge in [0.15, 0.2) is 6.29 Å². The molecule has 4 rings (SSSR count). The van der Waals surface area contributed by atoms with Gasteiger partial charge in [0.05, 0.1) is 26.4 Å². The monoisotopic (exact) mass is 507 g/mol. The van der Waals surface area contributed by atoms with Crippen molar-refractivity contribution in [3.05, 3.63) is 118 Å². The van der Waals surface area contributed by atoms with Crippen LogP contribution in [0.4, 0.5) is 0 Å². The summed E-state index contributed by atoms with van der Waals surface area (Å²) in [4.78, 5) is 11.3. The van der Waals surface area contributed by atoms with E-state index in [1.165, 1.54) is 7.11 Å². The smallest absolute Gasteiger partial charge is 0.214 e. The van der Waals surface area contributed by atoms with Crippen molar-refractivity contribution in [2.45, 2.75) is 44.4 Å². The molecule has 5 atom stereocenters. The fourth-order valence-corrected chi connectivity index (χ4v) is 4.51. The van der Waals surface area contributed by atoms with Gasteiger partial charge in [0.25, 0.3) is 0 Å². The Labute approximate surface area is 217 Å². The van der Waals surface area contributed by atoms with E-state index < -0.39 is 30.5 Å². The molecule has 3 aromatic carbocycles. The van der Waals surface area contributed by atoms with E-state index in [9.17, 15) is 10.1 Å². The molecule has 196 valence electrons. The minimum absolute atomic E-state index is 0.213. The highest BCUT2D eigenvalue weighted by molar-refractivity contribution is 5.15. The third-order valence-electron chi connectivity index (χ3n) is 6.33. The molecule has 0 bridgehead atoms. The quantitative estimate of drug-likeness (QED) is 0.246. The van der Waals surface area contributed by atoms with Crippen molar-refractivity contribution in [3.63, 3.8) is 0 Å². The Morgan fingerprint density at radius 1 is 0.757 bits per heavy atom. The van der Waals surface area contributed by atoms with E-state index in [1.807, 2.05) is 91.0 Å². The highest BCUT2D eigenvalue weighted by Gasteiger charge is 2.50. The molecule has 0 unspecified atom stereocenters. The van der Waals surface area contributed by atoms with Crippen LogP contribution in [0.1, 0.15) is 16.7 Å². The van der Waals surface area contributed by atoms with E-state index in [0.717, 1.165) is 16.7 Å². The third kappa shape index (κ3) is 7.92. The van der Waals surface area contributed by atoms with Gasteiger partial charge >= 0.3 is 0 Å². The zero-order valence-electron chi connectivity index (χ0n) is 20.9. The standard InChI is InChI=1S/C29H33NO7/c1-33-29-25(17-30(31)32)27(35-19-23-13-7-3-8-14-23)28(36-20-24-15-9-4-10-16-24)26(37-29)21-34-18-22-11-5-2-6-12-22/h2-16,25-29H,17-21H2,1H3/t25-,26-,27-,28-,29+/m1/s1. The predicted molar refractivity (Wildman–Crippen MR) is 137 cm³/mol. The van der Waals surface area contributed by atoms with Gasteiger partial charge in [-0.2, -0.15) is 0 Å². The molecule has 0 amide bonds. The van der Waals surface area contributed by atoms with Gasteiger partial charge in [0.1, 0.15) is 24.2 Å². The van der Waals surface area contributed by atoms with Crippen molar-refractivity contribution in [1.82, 2.24) is 0 Å². The number of benzene rings is 3. The third-order valence-corrected chi connectivity index (χ3v) is 6.33. The number of hydrogen-bond acceptors (Lipinski definition) is 7. The maximum Gasteiger partial charge on any atom is 0.214 e. The fourth-order valence-electron chi connectivity index (χ4n) is 4.51. The summed E-state index contributed by atoms with van der Waals surface area (Å²) in [6.45, 7) is 0.819. The summed E-state index contributed by atoms with van der Waals surface area (Å²) in [5.74, 6) is -0.671. The molecule has 8 heteroatoms. The number of hydrogen-bond donors (Lipinski definition) is 0. The summed E-state index contributed by atoms with van der Waals surface area (Å²) in [7, 11) is 1.49. The van der Waals surface area contributed by atoms with Crippen LogP contribution in [0.5, 0.6) is 0 Å². The number of nitro groups is 1. The molecule has 1 aliphatic rings. The maximum absolute atomic E-state index is 11.6. The Kier molecular flexibility index (Phi) is 10.2. The Morgan fingerprint density at radius 2 is 1.24 bits per heavy atom. The van der Waals surface area contributed by atoms with E-state index in [1.54, 1.807) is 0 Å². The predicted octanol–water partition coefficient (Wildman–Crippen LogP) is 4.64. The van der Waals surface area contributed by atoms with Gasteiger partial charge in [-0.3, -0.25) is 10.1 Å². The molecule has 0 saturated carbocycles. The second-order valence-electron chi connectivity index (χ2n) is 8.98. The average molecular weight is 508 g/mol. The van der Waals surface area contributed by atoms with Gasteiger partial charge in [0, 0.05) is 12.0 Å². The molecule has 0 aliphatic carbocycles. The van der Waals surface area contributed by atoms with Crippen LogP contribution in [-0.2, 0) is 43.5 Å². The summed E-state index contributed by atoms with van der Waals surface area (Å²) in [6, 6.07) is 29.3. The van der Waals surface area contributed by atoms with Gasteiger partial charge in [-0.25, -0.2) is 0 Å². The first-order valence-corrected chi connectivity index (χ1v) is 12.4. The highest BCUT2D eigenvalue weighted by Crippen LogP contribution is 2.33. The van der Waals surface area contributed by atoms with E-state index in [4.69, 9.17) is 23.7 Å². The number of nitrogens with zero attached hydrogens (tertiary/aromatic N) is 1. The van der Waals surface area contributed by atoms with Crippen molar-refractivity contribution >= 4 is 0 Å². The molecule has 1 saturated heterocycles. The van der Waals surface area contributed by atoms with Crippen LogP contribution in [-0.4, -0.2) is 49.8 Å². The molecule has 3 aromatic rings. The zero-order chi connectivity index (χ0) is 25.9. The van der Waals surface area contributed by atoms with Gasteiger partial charge in [0.2, 0.25) is 6.54 Å². The van der Waals surface area contributed by atoms with Gasteiger partial charge in [-0.15, -0.1) is 0 Å². The van der Waals surface area contributed by atoms with Crippen molar-refractivity contribution in [2.75, 3.05) is 20.3 Å². The first kappa shape index (κ1) is 26.9. The molecule has 0 aromatic heterocycles. The number of ether oxygens (including phenoxy) is 5. The molecule has 0 spiro atoms. The molecule has 1 aliphatic heterocycles. The number of methoxy groups -OCH3 is 1. The highest BCUT2D eigenvalue weighted by atomic mass is 16.7. The zero-order valence-corrected chi connectivity index (χ0v) is 20.9. The van der Waals surface area contributed by atoms with Gasteiger partial charge < -0.3 is 23.7 Å². The van der Waals surface area contributed by atoms with Crippen molar-refractivity contribution in [2.24, 2.45) is 5.92 Å².